The van der Waals surface area contributed by atoms with Crippen LogP contribution in [0.2, 0.25) is 0 Å². The van der Waals surface area contributed by atoms with E-state index in [-0.39, 0.29) is 30.7 Å². The molecule has 12 heteroatoms. The topological polar surface area (TPSA) is 102 Å². The Labute approximate surface area is 177 Å². The third kappa shape index (κ3) is 6.91. The maximum absolute atomic E-state index is 12.7. The molecule has 0 spiro atoms. The van der Waals surface area contributed by atoms with E-state index in [1.54, 1.807) is 0 Å². The monoisotopic (exact) mass is 464 g/mol. The number of halogens is 3. The highest BCUT2D eigenvalue weighted by molar-refractivity contribution is 7.89. The summed E-state index contributed by atoms with van der Waals surface area (Å²) in [5.74, 6) is -1.40. The molecule has 1 amide bonds. The van der Waals surface area contributed by atoms with Crippen molar-refractivity contribution in [3.05, 3.63) is 24.3 Å². The van der Waals surface area contributed by atoms with Gasteiger partial charge in [-0.25, -0.2) is 8.42 Å². The zero-order valence-electron chi connectivity index (χ0n) is 16.6. The Balaban J connectivity index is 1.45. The second-order valence-corrected chi connectivity index (χ2v) is 9.45. The van der Waals surface area contributed by atoms with E-state index in [9.17, 15) is 31.2 Å². The lowest BCUT2D eigenvalue weighted by atomic mass is 10.1. The van der Waals surface area contributed by atoms with Gasteiger partial charge in [0.1, 0.15) is 12.4 Å². The Morgan fingerprint density at radius 1 is 1.06 bits per heavy atom. The van der Waals surface area contributed by atoms with Gasteiger partial charge in [-0.05, 0) is 55.9 Å². The number of carbonyl (C=O) groups excluding carboxylic acids is 2. The van der Waals surface area contributed by atoms with Crippen molar-refractivity contribution in [3.8, 4) is 5.75 Å². The van der Waals surface area contributed by atoms with Crippen molar-refractivity contribution in [1.29, 1.82) is 0 Å². The van der Waals surface area contributed by atoms with Gasteiger partial charge in [0.05, 0.1) is 11.0 Å². The largest absolute Gasteiger partial charge is 0.573 e. The fraction of sp³-hybridized carbons (Fsp3) is 0.579. The van der Waals surface area contributed by atoms with Crippen LogP contribution in [0.3, 0.4) is 0 Å². The van der Waals surface area contributed by atoms with Gasteiger partial charge < -0.3 is 14.8 Å². The predicted octanol–water partition coefficient (Wildman–Crippen LogP) is 1.85. The first-order chi connectivity index (χ1) is 14.5. The van der Waals surface area contributed by atoms with Crippen molar-refractivity contribution in [1.82, 2.24) is 9.62 Å². The molecule has 0 aromatic heterocycles. The molecule has 0 bridgehead atoms. The Kier molecular flexibility index (Phi) is 7.22. The quantitative estimate of drug-likeness (QED) is 0.560. The molecule has 1 aliphatic heterocycles. The van der Waals surface area contributed by atoms with Crippen LogP contribution in [0.5, 0.6) is 5.75 Å². The molecule has 1 aliphatic carbocycles. The average Bonchev–Trinajstić information content (AvgIpc) is 3.54. The molecule has 1 saturated heterocycles. The molecule has 1 saturated carbocycles. The first kappa shape index (κ1) is 23.5. The summed E-state index contributed by atoms with van der Waals surface area (Å²) in [5.41, 5.74) is 0. The lowest BCUT2D eigenvalue weighted by Gasteiger charge is -2.31. The number of alkyl halides is 3. The second-order valence-electron chi connectivity index (χ2n) is 7.51. The highest BCUT2D eigenvalue weighted by Crippen LogP contribution is 2.28. The summed E-state index contributed by atoms with van der Waals surface area (Å²) in [5, 5.41) is 2.57. The van der Waals surface area contributed by atoms with Gasteiger partial charge in [-0.3, -0.25) is 9.59 Å². The van der Waals surface area contributed by atoms with Crippen LogP contribution in [0.1, 0.15) is 25.7 Å². The number of amides is 1. The highest BCUT2D eigenvalue weighted by atomic mass is 32.2. The van der Waals surface area contributed by atoms with Crippen molar-refractivity contribution in [2.75, 3.05) is 26.2 Å². The third-order valence-electron chi connectivity index (χ3n) is 5.05. The third-order valence-corrected chi connectivity index (χ3v) is 6.96. The number of hydrogen-bond donors (Lipinski definition) is 1. The number of nitrogens with one attached hydrogen (secondary N) is 1. The average molecular weight is 464 g/mol. The standard InChI is InChI=1S/C19H23F3N2O6S/c20-19(21,22)30-15-3-5-16(6-4-15)31(27,28)24-9-7-14(8-10-24)29-12-17(25)18(26)23-11-13-1-2-13/h3-6,13-14H,1-2,7-12H2,(H,23,26). The lowest BCUT2D eigenvalue weighted by molar-refractivity contribution is -0.274. The number of rotatable bonds is 9. The number of ketones is 1. The molecule has 0 atom stereocenters. The van der Waals surface area contributed by atoms with Gasteiger partial charge in [-0.1, -0.05) is 0 Å². The van der Waals surface area contributed by atoms with Crippen LogP contribution in [-0.2, 0) is 24.3 Å². The number of benzene rings is 1. The van der Waals surface area contributed by atoms with Crippen LogP contribution in [-0.4, -0.2) is 63.1 Å². The number of piperidine rings is 1. The minimum Gasteiger partial charge on any atom is -0.406 e. The number of hydrogen-bond acceptors (Lipinski definition) is 6. The first-order valence-corrected chi connectivity index (χ1v) is 11.3. The maximum atomic E-state index is 12.7. The molecule has 31 heavy (non-hydrogen) atoms. The Bertz CT molecular complexity index is 892. The van der Waals surface area contributed by atoms with E-state index in [4.69, 9.17) is 4.74 Å². The van der Waals surface area contributed by atoms with Gasteiger partial charge in [-0.2, -0.15) is 4.31 Å². The summed E-state index contributed by atoms with van der Waals surface area (Å²) in [6, 6.07) is 3.99. The molecule has 1 aromatic carbocycles. The lowest BCUT2D eigenvalue weighted by Crippen LogP contribution is -2.42. The first-order valence-electron chi connectivity index (χ1n) is 9.83. The predicted molar refractivity (Wildman–Crippen MR) is 102 cm³/mol. The molecule has 0 unspecified atom stereocenters. The summed E-state index contributed by atoms with van der Waals surface area (Å²) in [7, 11) is -3.89. The van der Waals surface area contributed by atoms with Crippen LogP contribution in [0.15, 0.2) is 29.2 Å². The van der Waals surface area contributed by atoms with Crippen molar-refractivity contribution < 1.29 is 40.7 Å². The summed E-state index contributed by atoms with van der Waals surface area (Å²) in [6.45, 7) is 0.366. The van der Waals surface area contributed by atoms with E-state index in [2.05, 4.69) is 10.1 Å². The fourth-order valence-electron chi connectivity index (χ4n) is 3.12. The van der Waals surface area contributed by atoms with Crippen LogP contribution in [0.25, 0.3) is 0 Å². The van der Waals surface area contributed by atoms with Gasteiger partial charge in [-0.15, -0.1) is 13.2 Å². The highest BCUT2D eigenvalue weighted by Gasteiger charge is 2.33. The minimum absolute atomic E-state index is 0.121. The molecule has 8 nitrogen and oxygen atoms in total. The maximum Gasteiger partial charge on any atom is 0.573 e. The van der Waals surface area contributed by atoms with E-state index >= 15 is 0 Å². The van der Waals surface area contributed by atoms with E-state index in [0.717, 1.165) is 37.1 Å². The fourth-order valence-corrected chi connectivity index (χ4v) is 4.59. The second kappa shape index (κ2) is 9.53. The normalized spacial score (nSPS) is 18.5. The van der Waals surface area contributed by atoms with E-state index < -0.39 is 33.8 Å². The van der Waals surface area contributed by atoms with Crippen LogP contribution < -0.4 is 10.1 Å². The Hall–Kier alpha value is -2.18. The number of nitrogens with zero attached hydrogens (tertiary/aromatic N) is 1. The number of sulfonamides is 1. The Morgan fingerprint density at radius 3 is 2.23 bits per heavy atom. The Morgan fingerprint density at radius 2 is 1.68 bits per heavy atom. The van der Waals surface area contributed by atoms with Gasteiger partial charge in [0.15, 0.2) is 0 Å². The van der Waals surface area contributed by atoms with Gasteiger partial charge in [0.2, 0.25) is 15.8 Å². The van der Waals surface area contributed by atoms with Gasteiger partial charge >= 0.3 is 6.36 Å². The summed E-state index contributed by atoms with van der Waals surface area (Å²) >= 11 is 0. The number of Topliss-reactive ketones (excluding diaryl/α,β-unsaturated/α-hetero) is 1. The van der Waals surface area contributed by atoms with Crippen LogP contribution in [0, 0.1) is 5.92 Å². The zero-order chi connectivity index (χ0) is 22.6. The van der Waals surface area contributed by atoms with Crippen LogP contribution in [0.4, 0.5) is 13.2 Å². The van der Waals surface area contributed by atoms with Crippen molar-refractivity contribution >= 4 is 21.7 Å². The number of carbonyl (C=O) groups is 2. The molecule has 1 heterocycles. The van der Waals surface area contributed by atoms with Crippen molar-refractivity contribution in [2.24, 2.45) is 5.92 Å². The molecular weight excluding hydrogens is 441 g/mol. The minimum atomic E-state index is -4.86. The van der Waals surface area contributed by atoms with Gasteiger partial charge in [0, 0.05) is 19.6 Å². The molecule has 172 valence electrons. The molecule has 2 fully saturated rings. The van der Waals surface area contributed by atoms with Crippen molar-refractivity contribution in [3.63, 3.8) is 0 Å². The van der Waals surface area contributed by atoms with Crippen molar-refractivity contribution in [2.45, 2.75) is 43.0 Å². The van der Waals surface area contributed by atoms with E-state index in [0.29, 0.717) is 25.3 Å². The molecular formula is C19H23F3N2O6S. The van der Waals surface area contributed by atoms with Gasteiger partial charge in [0.25, 0.3) is 5.91 Å². The number of ether oxygens (including phenoxy) is 2. The SMILES string of the molecule is O=C(COC1CCN(S(=O)(=O)c2ccc(OC(F)(F)F)cc2)CC1)C(=O)NCC1CC1. The van der Waals surface area contributed by atoms with E-state index in [1.165, 1.54) is 4.31 Å². The van der Waals surface area contributed by atoms with E-state index in [1.807, 2.05) is 0 Å². The molecule has 0 radical (unpaired) electrons. The van der Waals surface area contributed by atoms with Crippen LogP contribution >= 0.6 is 0 Å². The molecule has 2 aliphatic rings. The zero-order valence-corrected chi connectivity index (χ0v) is 17.4. The summed E-state index contributed by atoms with van der Waals surface area (Å²) in [6.07, 6.45) is -2.47. The molecule has 1 aromatic rings. The smallest absolute Gasteiger partial charge is 0.406 e. The molecule has 3 rings (SSSR count). The summed E-state index contributed by atoms with van der Waals surface area (Å²) < 4.78 is 72.5. The summed E-state index contributed by atoms with van der Waals surface area (Å²) in [4.78, 5) is 23.4. The molecule has 1 N–H and O–H groups in total.